The fraction of sp³-hybridized carbons (Fsp3) is 0.417. The normalized spacial score (nSPS) is 19.5. The summed E-state index contributed by atoms with van der Waals surface area (Å²) in [7, 11) is 0. The van der Waals surface area contributed by atoms with Crippen LogP contribution in [0.1, 0.15) is 24.0 Å². The van der Waals surface area contributed by atoms with Gasteiger partial charge in [-0.1, -0.05) is 24.3 Å². The molecule has 0 amide bonds. The van der Waals surface area contributed by atoms with Gasteiger partial charge in [0.15, 0.2) is 6.29 Å². The molecule has 0 unspecified atom stereocenters. The summed E-state index contributed by atoms with van der Waals surface area (Å²) in [4.78, 5) is 10.7. The SMILES string of the molecule is O=CC1(O)CCc2ccccc2CC1. The number of hydrogen-bond donors (Lipinski definition) is 1. The van der Waals surface area contributed by atoms with Crippen LogP contribution in [0.25, 0.3) is 0 Å². The van der Waals surface area contributed by atoms with Crippen LogP contribution in [0.5, 0.6) is 0 Å². The van der Waals surface area contributed by atoms with Gasteiger partial charge < -0.3 is 9.90 Å². The second-order valence-electron chi connectivity index (χ2n) is 3.99. The number of hydrogen-bond acceptors (Lipinski definition) is 2. The number of benzene rings is 1. The highest BCUT2D eigenvalue weighted by Crippen LogP contribution is 2.26. The van der Waals surface area contributed by atoms with Crippen molar-refractivity contribution in [1.82, 2.24) is 0 Å². The van der Waals surface area contributed by atoms with Crippen LogP contribution >= 0.6 is 0 Å². The van der Waals surface area contributed by atoms with E-state index in [1.807, 2.05) is 12.1 Å². The quantitative estimate of drug-likeness (QED) is 0.538. The van der Waals surface area contributed by atoms with E-state index in [0.29, 0.717) is 19.1 Å². The second kappa shape index (κ2) is 3.54. The van der Waals surface area contributed by atoms with Crippen LogP contribution in [0.15, 0.2) is 24.3 Å². The highest BCUT2D eigenvalue weighted by Gasteiger charge is 2.28. The van der Waals surface area contributed by atoms with Crippen LogP contribution in [-0.2, 0) is 17.6 Å². The van der Waals surface area contributed by atoms with Crippen LogP contribution in [0.3, 0.4) is 0 Å². The summed E-state index contributed by atoms with van der Waals surface area (Å²) in [5, 5.41) is 9.86. The molecule has 0 spiro atoms. The zero-order chi connectivity index (χ0) is 10.0. The lowest BCUT2D eigenvalue weighted by Gasteiger charge is -2.17. The number of aldehydes is 1. The van der Waals surface area contributed by atoms with Crippen LogP contribution in [-0.4, -0.2) is 17.0 Å². The van der Waals surface area contributed by atoms with E-state index in [0.717, 1.165) is 12.8 Å². The van der Waals surface area contributed by atoms with Crippen LogP contribution in [0, 0.1) is 0 Å². The fourth-order valence-electron chi connectivity index (χ4n) is 1.99. The summed E-state index contributed by atoms with van der Waals surface area (Å²) >= 11 is 0. The molecule has 1 aromatic carbocycles. The molecule has 1 N–H and O–H groups in total. The van der Waals surface area contributed by atoms with E-state index in [2.05, 4.69) is 12.1 Å². The zero-order valence-corrected chi connectivity index (χ0v) is 8.07. The molecule has 2 nitrogen and oxygen atoms in total. The van der Waals surface area contributed by atoms with E-state index in [4.69, 9.17) is 0 Å². The van der Waals surface area contributed by atoms with Crippen molar-refractivity contribution in [3.8, 4) is 0 Å². The Hall–Kier alpha value is -1.15. The van der Waals surface area contributed by atoms with Gasteiger partial charge in [0.1, 0.15) is 5.60 Å². The van der Waals surface area contributed by atoms with Crippen molar-refractivity contribution in [3.63, 3.8) is 0 Å². The molecule has 0 atom stereocenters. The minimum absolute atomic E-state index is 0.549. The third-order valence-electron chi connectivity index (χ3n) is 2.99. The van der Waals surface area contributed by atoms with Gasteiger partial charge in [-0.3, -0.25) is 0 Å². The number of aryl methyl sites for hydroxylation is 2. The summed E-state index contributed by atoms with van der Waals surface area (Å²) < 4.78 is 0. The predicted octanol–water partition coefficient (Wildman–Crippen LogP) is 1.50. The van der Waals surface area contributed by atoms with Gasteiger partial charge in [0, 0.05) is 0 Å². The largest absolute Gasteiger partial charge is 0.382 e. The third kappa shape index (κ3) is 1.70. The summed E-state index contributed by atoms with van der Waals surface area (Å²) in [5.74, 6) is 0. The monoisotopic (exact) mass is 190 g/mol. The van der Waals surface area contributed by atoms with Gasteiger partial charge in [-0.2, -0.15) is 0 Å². The van der Waals surface area contributed by atoms with Gasteiger partial charge in [-0.15, -0.1) is 0 Å². The minimum atomic E-state index is -1.10. The van der Waals surface area contributed by atoms with Crippen molar-refractivity contribution >= 4 is 6.29 Å². The van der Waals surface area contributed by atoms with Gasteiger partial charge in [-0.05, 0) is 36.8 Å². The molecule has 0 saturated heterocycles. The molecular formula is C12H14O2. The maximum Gasteiger partial charge on any atom is 0.151 e. The highest BCUT2D eigenvalue weighted by atomic mass is 16.3. The number of carbonyl (C=O) groups is 1. The number of carbonyl (C=O) groups excluding carboxylic acids is 1. The van der Waals surface area contributed by atoms with E-state index in [1.165, 1.54) is 11.1 Å². The van der Waals surface area contributed by atoms with E-state index >= 15 is 0 Å². The molecule has 0 aromatic heterocycles. The summed E-state index contributed by atoms with van der Waals surface area (Å²) in [5.41, 5.74) is 1.44. The van der Waals surface area contributed by atoms with Crippen molar-refractivity contribution in [3.05, 3.63) is 35.4 Å². The Morgan fingerprint density at radius 2 is 1.64 bits per heavy atom. The van der Waals surface area contributed by atoms with Gasteiger partial charge in [0.2, 0.25) is 0 Å². The zero-order valence-electron chi connectivity index (χ0n) is 8.07. The third-order valence-corrected chi connectivity index (χ3v) is 2.99. The van der Waals surface area contributed by atoms with E-state index in [-0.39, 0.29) is 0 Å². The first-order valence-electron chi connectivity index (χ1n) is 4.99. The van der Waals surface area contributed by atoms with Crippen molar-refractivity contribution in [1.29, 1.82) is 0 Å². The van der Waals surface area contributed by atoms with Gasteiger partial charge in [0.25, 0.3) is 0 Å². The summed E-state index contributed by atoms with van der Waals surface area (Å²) in [6.07, 6.45) is 3.39. The predicted molar refractivity (Wildman–Crippen MR) is 54.1 cm³/mol. The fourth-order valence-corrected chi connectivity index (χ4v) is 1.99. The second-order valence-corrected chi connectivity index (χ2v) is 3.99. The number of fused-ring (bicyclic) bond motifs is 1. The molecule has 0 radical (unpaired) electrons. The average molecular weight is 190 g/mol. The number of rotatable bonds is 1. The smallest absolute Gasteiger partial charge is 0.151 e. The molecule has 2 rings (SSSR count). The molecule has 74 valence electrons. The van der Waals surface area contributed by atoms with Crippen molar-refractivity contribution in [2.45, 2.75) is 31.3 Å². The first-order chi connectivity index (χ1) is 6.73. The van der Waals surface area contributed by atoms with Gasteiger partial charge >= 0.3 is 0 Å². The standard InChI is InChI=1S/C12H14O2/c13-9-12(14)7-5-10-3-1-2-4-11(10)6-8-12/h1-4,9,14H,5-8H2. The average Bonchev–Trinajstić information content (AvgIpc) is 2.40. The molecule has 0 aliphatic heterocycles. The lowest BCUT2D eigenvalue weighted by Crippen LogP contribution is -2.30. The molecule has 1 aromatic rings. The molecule has 0 bridgehead atoms. The van der Waals surface area contributed by atoms with Crippen LogP contribution in [0.2, 0.25) is 0 Å². The van der Waals surface area contributed by atoms with Crippen LogP contribution in [0.4, 0.5) is 0 Å². The molecule has 0 saturated carbocycles. The topological polar surface area (TPSA) is 37.3 Å². The van der Waals surface area contributed by atoms with E-state index in [1.54, 1.807) is 0 Å². The van der Waals surface area contributed by atoms with E-state index < -0.39 is 5.60 Å². The van der Waals surface area contributed by atoms with Crippen molar-refractivity contribution in [2.24, 2.45) is 0 Å². The Balaban J connectivity index is 2.26. The maximum absolute atomic E-state index is 10.7. The minimum Gasteiger partial charge on any atom is -0.382 e. The maximum atomic E-state index is 10.7. The molecular weight excluding hydrogens is 176 g/mol. The van der Waals surface area contributed by atoms with Crippen molar-refractivity contribution in [2.75, 3.05) is 0 Å². The summed E-state index contributed by atoms with van der Waals surface area (Å²) in [6.45, 7) is 0. The Morgan fingerprint density at radius 3 is 2.07 bits per heavy atom. The Bertz CT molecular complexity index is 317. The first-order valence-corrected chi connectivity index (χ1v) is 4.99. The molecule has 14 heavy (non-hydrogen) atoms. The van der Waals surface area contributed by atoms with Gasteiger partial charge in [-0.25, -0.2) is 0 Å². The summed E-state index contributed by atoms with van der Waals surface area (Å²) in [6, 6.07) is 8.16. The van der Waals surface area contributed by atoms with Crippen LogP contribution < -0.4 is 0 Å². The molecule has 0 heterocycles. The first kappa shape index (κ1) is 9.41. The van der Waals surface area contributed by atoms with Gasteiger partial charge in [0.05, 0.1) is 0 Å². The Morgan fingerprint density at radius 1 is 1.14 bits per heavy atom. The molecule has 2 heteroatoms. The van der Waals surface area contributed by atoms with Crippen molar-refractivity contribution < 1.29 is 9.90 Å². The lowest BCUT2D eigenvalue weighted by atomic mass is 9.96. The Kier molecular flexibility index (Phi) is 2.38. The Labute approximate surface area is 83.6 Å². The lowest BCUT2D eigenvalue weighted by molar-refractivity contribution is -0.125. The highest BCUT2D eigenvalue weighted by molar-refractivity contribution is 5.62. The molecule has 1 aliphatic carbocycles. The van der Waals surface area contributed by atoms with E-state index in [9.17, 15) is 9.90 Å². The molecule has 1 aliphatic rings. The molecule has 0 fully saturated rings. The number of aliphatic hydroxyl groups is 1.